The molecule has 0 unspecified atom stereocenters. The number of hydrogen-bond donors (Lipinski definition) is 2. The number of aliphatic hydroxyl groups is 1. The van der Waals surface area contributed by atoms with E-state index in [-0.39, 0.29) is 6.61 Å². The van der Waals surface area contributed by atoms with E-state index in [1.165, 1.54) is 0 Å². The van der Waals surface area contributed by atoms with E-state index < -0.39 is 0 Å². The highest BCUT2D eigenvalue weighted by Gasteiger charge is 2.05. The van der Waals surface area contributed by atoms with E-state index in [4.69, 9.17) is 14.6 Å². The first-order valence-electron chi connectivity index (χ1n) is 5.95. The lowest BCUT2D eigenvalue weighted by molar-refractivity contribution is 0.199. The molecular formula is C13H21NO3. The molecule has 0 atom stereocenters. The minimum atomic E-state index is 0.0129. The molecule has 0 aliphatic heterocycles. The molecule has 0 spiro atoms. The van der Waals surface area contributed by atoms with Gasteiger partial charge in [0, 0.05) is 18.2 Å². The molecule has 1 aromatic carbocycles. The molecule has 2 N–H and O–H groups in total. The first-order valence-corrected chi connectivity index (χ1v) is 5.95. The van der Waals surface area contributed by atoms with Crippen LogP contribution in [0.25, 0.3) is 0 Å². The molecule has 0 saturated carbocycles. The second kappa shape index (κ2) is 7.92. The van der Waals surface area contributed by atoms with Crippen molar-refractivity contribution in [1.82, 2.24) is 5.32 Å². The fraction of sp³-hybridized carbons (Fsp3) is 0.538. The maximum atomic E-state index is 8.79. The molecule has 0 amide bonds. The van der Waals surface area contributed by atoms with Crippen molar-refractivity contribution in [3.05, 3.63) is 23.8 Å². The summed E-state index contributed by atoms with van der Waals surface area (Å²) in [5.74, 6) is 1.57. The Hall–Kier alpha value is -1.26. The second-order valence-corrected chi connectivity index (χ2v) is 3.72. The molecule has 1 rings (SSSR count). The van der Waals surface area contributed by atoms with E-state index >= 15 is 0 Å². The Kier molecular flexibility index (Phi) is 6.43. The van der Waals surface area contributed by atoms with Crippen LogP contribution < -0.4 is 14.8 Å². The van der Waals surface area contributed by atoms with Crippen molar-refractivity contribution >= 4 is 0 Å². The van der Waals surface area contributed by atoms with Crippen LogP contribution in [0.5, 0.6) is 11.5 Å². The maximum Gasteiger partial charge on any atom is 0.127 e. The summed E-state index contributed by atoms with van der Waals surface area (Å²) in [5, 5.41) is 11.9. The Morgan fingerprint density at radius 1 is 1.24 bits per heavy atom. The average molecular weight is 239 g/mol. The van der Waals surface area contributed by atoms with Gasteiger partial charge in [-0.15, -0.1) is 0 Å². The van der Waals surface area contributed by atoms with Crippen molar-refractivity contribution in [2.75, 3.05) is 26.9 Å². The highest BCUT2D eigenvalue weighted by molar-refractivity contribution is 5.40. The molecule has 0 aliphatic rings. The minimum absolute atomic E-state index is 0.0129. The van der Waals surface area contributed by atoms with Gasteiger partial charge in [0.1, 0.15) is 18.1 Å². The van der Waals surface area contributed by atoms with Crippen molar-refractivity contribution < 1.29 is 14.6 Å². The van der Waals surface area contributed by atoms with Crippen LogP contribution in [0.3, 0.4) is 0 Å². The first kappa shape index (κ1) is 13.8. The van der Waals surface area contributed by atoms with Crippen LogP contribution in [-0.4, -0.2) is 32.0 Å². The molecule has 0 bridgehead atoms. The van der Waals surface area contributed by atoms with Crippen molar-refractivity contribution in [2.45, 2.75) is 19.9 Å². The third-order valence-electron chi connectivity index (χ3n) is 2.23. The highest BCUT2D eigenvalue weighted by Crippen LogP contribution is 2.25. The minimum Gasteiger partial charge on any atom is -0.493 e. The Labute approximate surface area is 103 Å². The van der Waals surface area contributed by atoms with Gasteiger partial charge in [0.25, 0.3) is 0 Å². The van der Waals surface area contributed by atoms with Crippen LogP contribution >= 0.6 is 0 Å². The molecule has 0 heterocycles. The van der Waals surface area contributed by atoms with Crippen molar-refractivity contribution in [3.8, 4) is 11.5 Å². The SMILES string of the molecule is CCCOc1ccc(CNC)c(OCCO)c1. The molecule has 1 aromatic rings. The van der Waals surface area contributed by atoms with Crippen LogP contribution in [0.1, 0.15) is 18.9 Å². The van der Waals surface area contributed by atoms with Crippen LogP contribution in [0.2, 0.25) is 0 Å². The van der Waals surface area contributed by atoms with E-state index in [1.54, 1.807) is 0 Å². The van der Waals surface area contributed by atoms with E-state index in [2.05, 4.69) is 12.2 Å². The Morgan fingerprint density at radius 2 is 2.06 bits per heavy atom. The zero-order chi connectivity index (χ0) is 12.5. The Balaban J connectivity index is 2.76. The molecule has 4 nitrogen and oxygen atoms in total. The summed E-state index contributed by atoms with van der Waals surface area (Å²) >= 11 is 0. The lowest BCUT2D eigenvalue weighted by Crippen LogP contribution is -2.09. The summed E-state index contributed by atoms with van der Waals surface area (Å²) in [6, 6.07) is 5.79. The van der Waals surface area contributed by atoms with Gasteiger partial charge in [0.15, 0.2) is 0 Å². The van der Waals surface area contributed by atoms with Crippen LogP contribution in [0.4, 0.5) is 0 Å². The van der Waals surface area contributed by atoms with E-state index in [1.807, 2.05) is 25.2 Å². The Bertz CT molecular complexity index is 328. The lowest BCUT2D eigenvalue weighted by Gasteiger charge is -2.13. The summed E-state index contributed by atoms with van der Waals surface area (Å²) in [7, 11) is 1.89. The molecular weight excluding hydrogens is 218 g/mol. The van der Waals surface area contributed by atoms with Gasteiger partial charge in [-0.25, -0.2) is 0 Å². The smallest absolute Gasteiger partial charge is 0.127 e. The van der Waals surface area contributed by atoms with Crippen LogP contribution in [-0.2, 0) is 6.54 Å². The van der Waals surface area contributed by atoms with E-state index in [0.717, 1.165) is 30.0 Å². The summed E-state index contributed by atoms with van der Waals surface area (Å²) in [4.78, 5) is 0. The van der Waals surface area contributed by atoms with Gasteiger partial charge in [-0.3, -0.25) is 0 Å². The van der Waals surface area contributed by atoms with Gasteiger partial charge in [0.05, 0.1) is 13.2 Å². The predicted molar refractivity (Wildman–Crippen MR) is 67.6 cm³/mol. The number of hydrogen-bond acceptors (Lipinski definition) is 4. The lowest BCUT2D eigenvalue weighted by atomic mass is 10.2. The van der Waals surface area contributed by atoms with Gasteiger partial charge in [-0.1, -0.05) is 13.0 Å². The van der Waals surface area contributed by atoms with Gasteiger partial charge < -0.3 is 19.9 Å². The topological polar surface area (TPSA) is 50.7 Å². The number of ether oxygens (including phenoxy) is 2. The van der Waals surface area contributed by atoms with Gasteiger partial charge in [0.2, 0.25) is 0 Å². The molecule has 0 fully saturated rings. The third kappa shape index (κ3) is 4.63. The fourth-order valence-electron chi connectivity index (χ4n) is 1.47. The quantitative estimate of drug-likeness (QED) is 0.723. The van der Waals surface area contributed by atoms with E-state index in [9.17, 15) is 0 Å². The number of nitrogens with one attached hydrogen (secondary N) is 1. The molecule has 0 aliphatic carbocycles. The Morgan fingerprint density at radius 3 is 2.71 bits per heavy atom. The normalized spacial score (nSPS) is 10.3. The summed E-state index contributed by atoms with van der Waals surface area (Å²) in [6.07, 6.45) is 0.977. The molecule has 0 aromatic heterocycles. The zero-order valence-corrected chi connectivity index (χ0v) is 10.5. The zero-order valence-electron chi connectivity index (χ0n) is 10.5. The summed E-state index contributed by atoms with van der Waals surface area (Å²) < 4.78 is 11.0. The van der Waals surface area contributed by atoms with Crippen molar-refractivity contribution in [3.63, 3.8) is 0 Å². The number of rotatable bonds is 8. The maximum absolute atomic E-state index is 8.79. The largest absolute Gasteiger partial charge is 0.493 e. The van der Waals surface area contributed by atoms with Crippen molar-refractivity contribution in [1.29, 1.82) is 0 Å². The fourth-order valence-corrected chi connectivity index (χ4v) is 1.47. The molecule has 17 heavy (non-hydrogen) atoms. The predicted octanol–water partition coefficient (Wildman–Crippen LogP) is 1.57. The monoisotopic (exact) mass is 239 g/mol. The van der Waals surface area contributed by atoms with Crippen molar-refractivity contribution in [2.24, 2.45) is 0 Å². The molecule has 0 saturated heterocycles. The van der Waals surface area contributed by atoms with Gasteiger partial charge >= 0.3 is 0 Å². The summed E-state index contributed by atoms with van der Waals surface area (Å²) in [6.45, 7) is 3.81. The van der Waals surface area contributed by atoms with Crippen LogP contribution in [0, 0.1) is 0 Å². The first-order chi connectivity index (χ1) is 8.31. The van der Waals surface area contributed by atoms with Gasteiger partial charge in [-0.2, -0.15) is 0 Å². The number of aliphatic hydroxyl groups excluding tert-OH is 1. The number of benzene rings is 1. The van der Waals surface area contributed by atoms with E-state index in [0.29, 0.717) is 13.2 Å². The van der Waals surface area contributed by atoms with Gasteiger partial charge in [-0.05, 0) is 19.5 Å². The van der Waals surface area contributed by atoms with Crippen LogP contribution in [0.15, 0.2) is 18.2 Å². The third-order valence-corrected chi connectivity index (χ3v) is 2.23. The molecule has 96 valence electrons. The second-order valence-electron chi connectivity index (χ2n) is 3.72. The highest BCUT2D eigenvalue weighted by atomic mass is 16.5. The standard InChI is InChI=1S/C13H21NO3/c1-3-7-16-12-5-4-11(10-14-2)13(9-12)17-8-6-15/h4-5,9,14-15H,3,6-8,10H2,1-2H3. The molecule has 0 radical (unpaired) electrons. The summed E-state index contributed by atoms with van der Waals surface area (Å²) in [5.41, 5.74) is 1.06. The molecule has 4 heteroatoms. The average Bonchev–Trinajstić information content (AvgIpc) is 2.36.